The highest BCUT2D eigenvalue weighted by Crippen LogP contribution is 2.27. The van der Waals surface area contributed by atoms with E-state index >= 15 is 0 Å². The summed E-state index contributed by atoms with van der Waals surface area (Å²) in [6.45, 7) is 3.86. The third-order valence-corrected chi connectivity index (χ3v) is 6.42. The lowest BCUT2D eigenvalue weighted by Crippen LogP contribution is -2.32. The lowest BCUT2D eigenvalue weighted by atomic mass is 9.88. The normalized spacial score (nSPS) is 11.9. The van der Waals surface area contributed by atoms with Crippen molar-refractivity contribution in [2.24, 2.45) is 0 Å². The standard InChI is InChI=1S/C32H35NO/c1-2-30(24-26-18-20-31(21-19-26)34-25-27-12-6-3-7-13-27)33-23-22-32(28-14-8-4-9-15-28)29-16-10-5-11-17-29/h3-21,30,32-33H,2,22-25H2,1H3. The first-order valence-electron chi connectivity index (χ1n) is 12.4. The van der Waals surface area contributed by atoms with Crippen LogP contribution in [-0.2, 0) is 13.0 Å². The van der Waals surface area contributed by atoms with E-state index in [1.165, 1.54) is 22.3 Å². The topological polar surface area (TPSA) is 21.3 Å². The Bertz CT molecular complexity index is 1040. The second kappa shape index (κ2) is 12.8. The predicted octanol–water partition coefficient (Wildman–Crippen LogP) is 7.40. The molecule has 0 spiro atoms. The van der Waals surface area contributed by atoms with Crippen LogP contribution in [0.2, 0.25) is 0 Å². The Balaban J connectivity index is 1.29. The smallest absolute Gasteiger partial charge is 0.119 e. The van der Waals surface area contributed by atoms with Crippen molar-refractivity contribution < 1.29 is 4.74 Å². The third-order valence-electron chi connectivity index (χ3n) is 6.42. The molecule has 0 saturated carbocycles. The molecule has 0 aliphatic rings. The van der Waals surface area contributed by atoms with E-state index in [1.54, 1.807) is 0 Å². The van der Waals surface area contributed by atoms with Crippen LogP contribution in [0.4, 0.5) is 0 Å². The van der Waals surface area contributed by atoms with E-state index < -0.39 is 0 Å². The van der Waals surface area contributed by atoms with Gasteiger partial charge in [-0.05, 0) is 60.2 Å². The number of hydrogen-bond acceptors (Lipinski definition) is 2. The van der Waals surface area contributed by atoms with Crippen molar-refractivity contribution in [1.82, 2.24) is 5.32 Å². The van der Waals surface area contributed by atoms with Gasteiger partial charge in [0, 0.05) is 12.0 Å². The average molecular weight is 450 g/mol. The molecule has 0 bridgehead atoms. The van der Waals surface area contributed by atoms with Crippen LogP contribution in [0.1, 0.15) is 47.9 Å². The fraction of sp³-hybridized carbons (Fsp3) is 0.250. The summed E-state index contributed by atoms with van der Waals surface area (Å²) in [5, 5.41) is 3.82. The maximum absolute atomic E-state index is 5.94. The minimum atomic E-state index is 0.411. The van der Waals surface area contributed by atoms with Crippen LogP contribution in [0.5, 0.6) is 5.75 Å². The second-order valence-electron chi connectivity index (χ2n) is 8.84. The Kier molecular flexibility index (Phi) is 8.93. The van der Waals surface area contributed by atoms with Gasteiger partial charge in [0.1, 0.15) is 12.4 Å². The molecule has 34 heavy (non-hydrogen) atoms. The molecule has 4 aromatic carbocycles. The van der Waals surface area contributed by atoms with E-state index in [-0.39, 0.29) is 0 Å². The first-order chi connectivity index (χ1) is 16.8. The van der Waals surface area contributed by atoms with Crippen molar-refractivity contribution in [3.05, 3.63) is 138 Å². The van der Waals surface area contributed by atoms with Crippen molar-refractivity contribution in [1.29, 1.82) is 0 Å². The Morgan fingerprint density at radius 2 is 1.21 bits per heavy atom. The molecule has 0 fully saturated rings. The summed E-state index contributed by atoms with van der Waals surface area (Å²) < 4.78 is 5.94. The Morgan fingerprint density at radius 1 is 0.647 bits per heavy atom. The van der Waals surface area contributed by atoms with Crippen LogP contribution < -0.4 is 10.1 Å². The monoisotopic (exact) mass is 449 g/mol. The lowest BCUT2D eigenvalue weighted by Gasteiger charge is -2.22. The van der Waals surface area contributed by atoms with Crippen molar-refractivity contribution in [3.8, 4) is 5.75 Å². The molecule has 0 amide bonds. The summed E-state index contributed by atoms with van der Waals surface area (Å²) in [4.78, 5) is 0. The predicted molar refractivity (Wildman–Crippen MR) is 142 cm³/mol. The SMILES string of the molecule is CCC(Cc1ccc(OCc2ccccc2)cc1)NCCC(c1ccccc1)c1ccccc1. The van der Waals surface area contributed by atoms with E-state index in [2.05, 4.69) is 109 Å². The minimum Gasteiger partial charge on any atom is -0.489 e. The summed E-state index contributed by atoms with van der Waals surface area (Å²) in [7, 11) is 0. The highest BCUT2D eigenvalue weighted by molar-refractivity contribution is 5.32. The minimum absolute atomic E-state index is 0.411. The van der Waals surface area contributed by atoms with Gasteiger partial charge in [-0.1, -0.05) is 110 Å². The first kappa shape index (κ1) is 23.8. The van der Waals surface area contributed by atoms with Gasteiger partial charge in [-0.25, -0.2) is 0 Å². The van der Waals surface area contributed by atoms with Gasteiger partial charge in [0.2, 0.25) is 0 Å². The van der Waals surface area contributed by atoms with E-state index in [1.807, 2.05) is 18.2 Å². The third kappa shape index (κ3) is 7.07. The zero-order chi connectivity index (χ0) is 23.4. The number of benzene rings is 4. The molecule has 0 radical (unpaired) electrons. The van der Waals surface area contributed by atoms with Crippen LogP contribution in [0.3, 0.4) is 0 Å². The Morgan fingerprint density at radius 3 is 1.76 bits per heavy atom. The number of ether oxygens (including phenoxy) is 1. The highest BCUT2D eigenvalue weighted by Gasteiger charge is 2.15. The molecule has 1 unspecified atom stereocenters. The molecule has 0 heterocycles. The van der Waals surface area contributed by atoms with Crippen LogP contribution in [0.25, 0.3) is 0 Å². The fourth-order valence-electron chi connectivity index (χ4n) is 4.44. The molecular weight excluding hydrogens is 414 g/mol. The largest absolute Gasteiger partial charge is 0.489 e. The number of hydrogen-bond donors (Lipinski definition) is 1. The van der Waals surface area contributed by atoms with E-state index in [0.717, 1.165) is 31.6 Å². The molecule has 4 aromatic rings. The van der Waals surface area contributed by atoms with Gasteiger partial charge in [-0.3, -0.25) is 0 Å². The van der Waals surface area contributed by atoms with Gasteiger partial charge in [0.05, 0.1) is 0 Å². The van der Waals surface area contributed by atoms with Crippen molar-refractivity contribution in [3.63, 3.8) is 0 Å². The Labute approximate surface area is 204 Å². The molecule has 1 N–H and O–H groups in total. The molecule has 1 atom stereocenters. The van der Waals surface area contributed by atoms with Crippen molar-refractivity contribution in [2.75, 3.05) is 6.54 Å². The molecular formula is C32H35NO. The van der Waals surface area contributed by atoms with Gasteiger partial charge < -0.3 is 10.1 Å². The van der Waals surface area contributed by atoms with Gasteiger partial charge in [-0.2, -0.15) is 0 Å². The van der Waals surface area contributed by atoms with E-state index in [4.69, 9.17) is 4.74 Å². The van der Waals surface area contributed by atoms with Crippen molar-refractivity contribution >= 4 is 0 Å². The molecule has 0 aromatic heterocycles. The molecule has 174 valence electrons. The molecule has 0 aliphatic heterocycles. The van der Waals surface area contributed by atoms with Crippen LogP contribution in [0, 0.1) is 0 Å². The quantitative estimate of drug-likeness (QED) is 0.243. The number of rotatable bonds is 12. The Hall–Kier alpha value is -3.36. The van der Waals surface area contributed by atoms with Gasteiger partial charge >= 0.3 is 0 Å². The average Bonchev–Trinajstić information content (AvgIpc) is 2.91. The summed E-state index contributed by atoms with van der Waals surface area (Å²) in [6, 6.07) is 41.1. The van der Waals surface area contributed by atoms with Crippen molar-refractivity contribution in [2.45, 2.75) is 44.8 Å². The summed E-state index contributed by atoms with van der Waals surface area (Å²) in [5.74, 6) is 1.33. The summed E-state index contributed by atoms with van der Waals surface area (Å²) in [5.41, 5.74) is 5.30. The van der Waals surface area contributed by atoms with E-state index in [0.29, 0.717) is 18.6 Å². The highest BCUT2D eigenvalue weighted by atomic mass is 16.5. The van der Waals surface area contributed by atoms with Crippen LogP contribution >= 0.6 is 0 Å². The van der Waals surface area contributed by atoms with Crippen LogP contribution in [-0.4, -0.2) is 12.6 Å². The fourth-order valence-corrected chi connectivity index (χ4v) is 4.44. The first-order valence-corrected chi connectivity index (χ1v) is 12.4. The van der Waals surface area contributed by atoms with E-state index in [9.17, 15) is 0 Å². The second-order valence-corrected chi connectivity index (χ2v) is 8.84. The molecule has 0 aliphatic carbocycles. The molecule has 2 nitrogen and oxygen atoms in total. The summed E-state index contributed by atoms with van der Waals surface area (Å²) >= 11 is 0. The lowest BCUT2D eigenvalue weighted by molar-refractivity contribution is 0.306. The summed E-state index contributed by atoms with van der Waals surface area (Å²) in [6.07, 6.45) is 3.21. The zero-order valence-electron chi connectivity index (χ0n) is 20.1. The van der Waals surface area contributed by atoms with Gasteiger partial charge in [0.15, 0.2) is 0 Å². The molecule has 0 saturated heterocycles. The van der Waals surface area contributed by atoms with Crippen LogP contribution in [0.15, 0.2) is 115 Å². The molecule has 2 heteroatoms. The number of nitrogens with one attached hydrogen (secondary N) is 1. The van der Waals surface area contributed by atoms with Gasteiger partial charge in [0.25, 0.3) is 0 Å². The van der Waals surface area contributed by atoms with Gasteiger partial charge in [-0.15, -0.1) is 0 Å². The molecule has 4 rings (SSSR count). The zero-order valence-corrected chi connectivity index (χ0v) is 20.1. The maximum atomic E-state index is 5.94. The maximum Gasteiger partial charge on any atom is 0.119 e.